The van der Waals surface area contributed by atoms with Gasteiger partial charge in [-0.05, 0) is 43.3 Å². The number of ether oxygens (including phenoxy) is 1. The van der Waals surface area contributed by atoms with E-state index in [0.29, 0.717) is 29.5 Å². The maximum atomic E-state index is 13.3. The third-order valence-electron chi connectivity index (χ3n) is 4.59. The van der Waals surface area contributed by atoms with Crippen LogP contribution in [0, 0.1) is 5.82 Å². The Labute approximate surface area is 161 Å². The number of nitrogens with zero attached hydrogens (tertiary/aromatic N) is 2. The second-order valence-corrected chi connectivity index (χ2v) is 6.43. The number of hydrogen-bond donors (Lipinski definition) is 0. The number of para-hydroxylation sites is 1. The van der Waals surface area contributed by atoms with Gasteiger partial charge in [0.1, 0.15) is 11.5 Å². The minimum Gasteiger partial charge on any atom is -0.466 e. The highest BCUT2D eigenvalue weighted by molar-refractivity contribution is 5.87. The van der Waals surface area contributed by atoms with Gasteiger partial charge in [-0.1, -0.05) is 18.2 Å². The molecule has 2 heterocycles. The first-order chi connectivity index (χ1) is 13.6. The SMILES string of the molecule is CCOC(=O)Cc1nc(-c2ccc(F)cc2)oc1-c1cc2ccccc2n1C. The first-order valence-corrected chi connectivity index (χ1v) is 9.03. The van der Waals surface area contributed by atoms with Crippen LogP contribution in [0.5, 0.6) is 0 Å². The van der Waals surface area contributed by atoms with Crippen LogP contribution < -0.4 is 0 Å². The highest BCUT2D eigenvalue weighted by Gasteiger charge is 2.22. The summed E-state index contributed by atoms with van der Waals surface area (Å²) in [5.74, 6) is 0.128. The Balaban J connectivity index is 1.84. The van der Waals surface area contributed by atoms with E-state index in [1.807, 2.05) is 41.9 Å². The molecule has 5 nitrogen and oxygen atoms in total. The summed E-state index contributed by atoms with van der Waals surface area (Å²) < 4.78 is 26.4. The van der Waals surface area contributed by atoms with Gasteiger partial charge in [-0.25, -0.2) is 9.37 Å². The zero-order chi connectivity index (χ0) is 19.7. The molecule has 0 unspecified atom stereocenters. The molecule has 0 aliphatic carbocycles. The molecule has 0 fully saturated rings. The molecular formula is C22H19FN2O3. The molecule has 2 aromatic heterocycles. The maximum absolute atomic E-state index is 13.3. The highest BCUT2D eigenvalue weighted by Crippen LogP contribution is 2.33. The largest absolute Gasteiger partial charge is 0.466 e. The maximum Gasteiger partial charge on any atom is 0.312 e. The number of oxazole rings is 1. The zero-order valence-corrected chi connectivity index (χ0v) is 15.6. The number of fused-ring (bicyclic) bond motifs is 1. The van der Waals surface area contributed by atoms with Gasteiger partial charge in [0.2, 0.25) is 5.89 Å². The second kappa shape index (κ2) is 7.31. The molecule has 2 aromatic carbocycles. The molecule has 0 radical (unpaired) electrons. The smallest absolute Gasteiger partial charge is 0.312 e. The number of carbonyl (C=O) groups is 1. The molecule has 0 N–H and O–H groups in total. The van der Waals surface area contributed by atoms with Crippen LogP contribution >= 0.6 is 0 Å². The summed E-state index contributed by atoms with van der Waals surface area (Å²) in [6, 6.07) is 15.9. The molecule has 0 saturated carbocycles. The van der Waals surface area contributed by atoms with Gasteiger partial charge in [0, 0.05) is 23.5 Å². The van der Waals surface area contributed by atoms with Gasteiger partial charge < -0.3 is 13.7 Å². The molecule has 142 valence electrons. The van der Waals surface area contributed by atoms with Crippen molar-refractivity contribution in [1.82, 2.24) is 9.55 Å². The molecule has 0 amide bonds. The minimum atomic E-state index is -0.374. The topological polar surface area (TPSA) is 57.3 Å². The predicted octanol–water partition coefficient (Wildman–Crippen LogP) is 4.75. The van der Waals surface area contributed by atoms with Gasteiger partial charge in [-0.15, -0.1) is 0 Å². The van der Waals surface area contributed by atoms with Crippen molar-refractivity contribution < 1.29 is 18.3 Å². The van der Waals surface area contributed by atoms with Gasteiger partial charge in [0.25, 0.3) is 0 Å². The standard InChI is InChI=1S/C22H19FN2O3/c1-3-27-20(26)13-17-21(19-12-15-6-4-5-7-18(15)25(19)2)28-22(24-17)14-8-10-16(23)11-9-14/h4-12H,3,13H2,1-2H3. The van der Waals surface area contributed by atoms with Gasteiger partial charge in [0.05, 0.1) is 18.7 Å². The predicted molar refractivity (Wildman–Crippen MR) is 104 cm³/mol. The minimum absolute atomic E-state index is 0.00457. The molecule has 4 rings (SSSR count). The van der Waals surface area contributed by atoms with Crippen molar-refractivity contribution in [3.8, 4) is 22.9 Å². The van der Waals surface area contributed by atoms with Crippen molar-refractivity contribution in [2.75, 3.05) is 6.61 Å². The van der Waals surface area contributed by atoms with Crippen molar-refractivity contribution in [1.29, 1.82) is 0 Å². The zero-order valence-electron chi connectivity index (χ0n) is 15.6. The molecule has 28 heavy (non-hydrogen) atoms. The van der Waals surface area contributed by atoms with Crippen LogP contribution in [0.25, 0.3) is 33.8 Å². The average Bonchev–Trinajstić information content (AvgIpc) is 3.24. The first kappa shape index (κ1) is 18.0. The van der Waals surface area contributed by atoms with Crippen LogP contribution in [-0.4, -0.2) is 22.1 Å². The lowest BCUT2D eigenvalue weighted by atomic mass is 10.2. The van der Waals surface area contributed by atoms with E-state index in [1.165, 1.54) is 12.1 Å². The highest BCUT2D eigenvalue weighted by atomic mass is 19.1. The van der Waals surface area contributed by atoms with Gasteiger partial charge in [-0.3, -0.25) is 4.79 Å². The third kappa shape index (κ3) is 3.29. The number of aryl methyl sites for hydroxylation is 1. The van der Waals surface area contributed by atoms with E-state index in [2.05, 4.69) is 4.98 Å². The molecule has 0 aliphatic heterocycles. The van der Waals surface area contributed by atoms with Crippen LogP contribution in [0.1, 0.15) is 12.6 Å². The Bertz CT molecular complexity index is 1140. The molecule has 4 aromatic rings. The van der Waals surface area contributed by atoms with Crippen molar-refractivity contribution in [3.05, 3.63) is 66.1 Å². The molecule has 6 heteroatoms. The summed E-state index contributed by atoms with van der Waals surface area (Å²) in [7, 11) is 1.94. The number of halogens is 1. The third-order valence-corrected chi connectivity index (χ3v) is 4.59. The Morgan fingerprint density at radius 2 is 1.93 bits per heavy atom. The van der Waals surface area contributed by atoms with Gasteiger partial charge in [-0.2, -0.15) is 0 Å². The van der Waals surface area contributed by atoms with E-state index in [-0.39, 0.29) is 18.2 Å². The van der Waals surface area contributed by atoms with Gasteiger partial charge >= 0.3 is 5.97 Å². The van der Waals surface area contributed by atoms with Crippen molar-refractivity contribution in [2.45, 2.75) is 13.3 Å². The number of benzene rings is 2. The fourth-order valence-corrected chi connectivity index (χ4v) is 3.24. The van der Waals surface area contributed by atoms with E-state index in [4.69, 9.17) is 9.15 Å². The van der Waals surface area contributed by atoms with Crippen LogP contribution in [0.4, 0.5) is 4.39 Å². The van der Waals surface area contributed by atoms with Crippen LogP contribution in [-0.2, 0) is 23.0 Å². The normalized spacial score (nSPS) is 11.1. The van der Waals surface area contributed by atoms with Crippen LogP contribution in [0.2, 0.25) is 0 Å². The summed E-state index contributed by atoms with van der Waals surface area (Å²) in [6.07, 6.45) is -0.00457. The molecule has 0 saturated heterocycles. The monoisotopic (exact) mass is 378 g/mol. The average molecular weight is 378 g/mol. The summed E-state index contributed by atoms with van der Waals surface area (Å²) >= 11 is 0. The second-order valence-electron chi connectivity index (χ2n) is 6.43. The molecular weight excluding hydrogens is 359 g/mol. The number of hydrogen-bond acceptors (Lipinski definition) is 4. The fraction of sp³-hybridized carbons (Fsp3) is 0.182. The summed E-state index contributed by atoms with van der Waals surface area (Å²) in [5.41, 5.74) is 2.97. The molecule has 0 atom stereocenters. The summed E-state index contributed by atoms with van der Waals surface area (Å²) in [5, 5.41) is 1.06. The fourth-order valence-electron chi connectivity index (χ4n) is 3.24. The van der Waals surface area contributed by atoms with Crippen molar-refractivity contribution in [2.24, 2.45) is 7.05 Å². The quantitative estimate of drug-likeness (QED) is 0.471. The Kier molecular flexibility index (Phi) is 4.69. The van der Waals surface area contributed by atoms with E-state index >= 15 is 0 Å². The van der Waals surface area contributed by atoms with E-state index in [1.54, 1.807) is 19.1 Å². The first-order valence-electron chi connectivity index (χ1n) is 9.03. The lowest BCUT2D eigenvalue weighted by Crippen LogP contribution is -2.08. The Hall–Kier alpha value is -3.41. The lowest BCUT2D eigenvalue weighted by Gasteiger charge is -2.04. The number of esters is 1. The Morgan fingerprint density at radius 3 is 2.64 bits per heavy atom. The molecule has 0 spiro atoms. The molecule has 0 aliphatic rings. The van der Waals surface area contributed by atoms with Crippen molar-refractivity contribution >= 4 is 16.9 Å². The van der Waals surface area contributed by atoms with E-state index in [0.717, 1.165) is 16.6 Å². The van der Waals surface area contributed by atoms with Gasteiger partial charge in [0.15, 0.2) is 5.76 Å². The van der Waals surface area contributed by atoms with Crippen LogP contribution in [0.3, 0.4) is 0 Å². The molecule has 0 bridgehead atoms. The van der Waals surface area contributed by atoms with E-state index in [9.17, 15) is 9.18 Å². The summed E-state index contributed by atoms with van der Waals surface area (Å²) in [4.78, 5) is 16.6. The number of rotatable bonds is 5. The van der Waals surface area contributed by atoms with Crippen molar-refractivity contribution in [3.63, 3.8) is 0 Å². The Morgan fingerprint density at radius 1 is 1.18 bits per heavy atom. The number of aromatic nitrogens is 2. The lowest BCUT2D eigenvalue weighted by molar-refractivity contribution is -0.142. The number of carbonyl (C=O) groups excluding carboxylic acids is 1. The van der Waals surface area contributed by atoms with Crippen LogP contribution in [0.15, 0.2) is 59.0 Å². The summed E-state index contributed by atoms with van der Waals surface area (Å²) in [6.45, 7) is 2.06. The van der Waals surface area contributed by atoms with E-state index < -0.39 is 0 Å².